The predicted molar refractivity (Wildman–Crippen MR) is 31.7 cm³/mol. The van der Waals surface area contributed by atoms with Crippen molar-refractivity contribution in [2.24, 2.45) is 0 Å². The van der Waals surface area contributed by atoms with Gasteiger partial charge < -0.3 is 0 Å². The van der Waals surface area contributed by atoms with E-state index in [1.54, 1.807) is 0 Å². The van der Waals surface area contributed by atoms with Gasteiger partial charge in [-0.15, -0.1) is 0 Å². The van der Waals surface area contributed by atoms with Crippen LogP contribution in [-0.2, 0) is 0 Å². The zero-order valence-corrected chi connectivity index (χ0v) is 9.47. The van der Waals surface area contributed by atoms with E-state index < -0.39 is 6.10 Å². The van der Waals surface area contributed by atoms with E-state index in [1.807, 2.05) is 6.92 Å². The summed E-state index contributed by atoms with van der Waals surface area (Å²) in [7, 11) is 0. The zero-order chi connectivity index (χ0) is 6.57. The molecule has 0 heterocycles. The van der Waals surface area contributed by atoms with Crippen LogP contribution in [-0.4, -0.2) is 31.4 Å². The Bertz CT molecular complexity index is 87.0. The number of hydrogen-bond donors (Lipinski definition) is 1. The molecule has 2 nitrogen and oxygen atoms in total. The molecule has 0 aromatic carbocycles. The fraction of sp³-hybridized carbons (Fsp3) is 0.800. The van der Waals surface area contributed by atoms with E-state index in [2.05, 4.69) is 15.6 Å². The molecule has 1 unspecified atom stereocenters. The molecule has 0 saturated heterocycles. The smallest absolute Gasteiger partial charge is 1.00 e. The molecule has 0 radical (unpaired) electrons. The van der Waals surface area contributed by atoms with Crippen molar-refractivity contribution in [2.45, 2.75) is 25.9 Å². The number of aliphatic hydroxyl groups is 1. The summed E-state index contributed by atoms with van der Waals surface area (Å²) in [5.74, 6) is 0. The summed E-state index contributed by atoms with van der Waals surface area (Å²) in [6.07, 6.45) is 0.625. The van der Waals surface area contributed by atoms with E-state index >= 15 is 0 Å². The maximum absolute atomic E-state index is 10.2. The van der Waals surface area contributed by atoms with Crippen molar-refractivity contribution in [3.8, 4) is 0 Å². The van der Waals surface area contributed by atoms with Crippen LogP contribution in [0.15, 0.2) is 0 Å². The summed E-state index contributed by atoms with van der Waals surface area (Å²) in [6, 6.07) is 0. The quantitative estimate of drug-likeness (QED) is 0.473. The number of aliphatic hydroxyl groups excluding tert-OH is 1. The van der Waals surface area contributed by atoms with Gasteiger partial charge in [0, 0.05) is 0 Å². The van der Waals surface area contributed by atoms with Crippen molar-refractivity contribution in [1.29, 1.82) is 0 Å². The van der Waals surface area contributed by atoms with Crippen LogP contribution in [0.3, 0.4) is 0 Å². The number of rotatable bonds is 3. The summed E-state index contributed by atoms with van der Waals surface area (Å²) in [5.41, 5.74) is 0. The van der Waals surface area contributed by atoms with Crippen molar-refractivity contribution >= 4 is 20.2 Å². The molecule has 0 rings (SSSR count). The monoisotopic (exact) mass is 204 g/mol. The predicted octanol–water partition coefficient (Wildman–Crippen LogP) is -4.19. The van der Waals surface area contributed by atoms with Gasteiger partial charge in [-0.25, -0.2) is 0 Å². The van der Waals surface area contributed by atoms with Gasteiger partial charge in [0.05, 0.1) is 0 Å². The fourth-order valence-electron chi connectivity index (χ4n) is 0.391. The Morgan fingerprint density at radius 1 is 1.78 bits per heavy atom. The van der Waals surface area contributed by atoms with E-state index in [0.29, 0.717) is 6.42 Å². The third kappa shape index (κ3) is 7.04. The molecule has 0 fully saturated rings. The second kappa shape index (κ2) is 7.26. The van der Waals surface area contributed by atoms with E-state index in [0.717, 1.165) is 6.42 Å². The first-order valence-electron chi connectivity index (χ1n) is 2.57. The van der Waals surface area contributed by atoms with Crippen LogP contribution in [0.2, 0.25) is 0 Å². The summed E-state index contributed by atoms with van der Waals surface area (Å²) < 4.78 is -0.258. The van der Waals surface area contributed by atoms with Gasteiger partial charge in [-0.3, -0.25) is 0 Å². The van der Waals surface area contributed by atoms with Crippen molar-refractivity contribution < 1.29 is 39.8 Å². The molecule has 1 N–H and O–H groups in total. The topological polar surface area (TPSA) is 43.3 Å². The van der Waals surface area contributed by atoms with Crippen LogP contribution in [0.25, 0.3) is 0 Å². The molecule has 0 bridgehead atoms. The maximum Gasteiger partial charge on any atom is 1.00 e. The second-order valence-electron chi connectivity index (χ2n) is 1.62. The average Bonchev–Trinajstić information content (AvgIpc) is 1.67. The summed E-state index contributed by atoms with van der Waals surface area (Å²) >= 11 is 2.24. The summed E-state index contributed by atoms with van der Waals surface area (Å²) in [4.78, 5) is 0. The van der Waals surface area contributed by atoms with E-state index in [9.17, 15) is 5.11 Å². The Labute approximate surface area is 85.3 Å². The van der Waals surface area contributed by atoms with Crippen molar-refractivity contribution in [2.75, 3.05) is 0 Å². The Morgan fingerprint density at radius 3 is 2.33 bits per heavy atom. The first-order chi connectivity index (χ1) is 3.68. The summed E-state index contributed by atoms with van der Waals surface area (Å²) in [6.45, 7) is 1.92. The molecule has 4 heteroatoms. The van der Waals surface area contributed by atoms with Crippen molar-refractivity contribution in [1.82, 2.24) is 0 Å². The first-order valence-corrected chi connectivity index (χ1v) is 3.43. The van der Waals surface area contributed by atoms with Gasteiger partial charge in [0.2, 0.25) is 0 Å². The van der Waals surface area contributed by atoms with E-state index in [1.165, 1.54) is 0 Å². The normalized spacial score (nSPS) is 11.8. The van der Waals surface area contributed by atoms with Crippen LogP contribution in [0, 0.1) is 0 Å². The third-order valence-electron chi connectivity index (χ3n) is 0.834. The zero-order valence-electron chi connectivity index (χ0n) is 5.76. The fourth-order valence-corrected chi connectivity index (χ4v) is 0.639. The van der Waals surface area contributed by atoms with Crippen LogP contribution in [0.5, 0.6) is 0 Å². The molecular formula is C5H9NaO2Se. The maximum atomic E-state index is 10.2. The molecule has 0 spiro atoms. The largest absolute Gasteiger partial charge is 1.00 e. The van der Waals surface area contributed by atoms with Crippen molar-refractivity contribution in [3.63, 3.8) is 0 Å². The molecule has 9 heavy (non-hydrogen) atoms. The van der Waals surface area contributed by atoms with Gasteiger partial charge in [0.1, 0.15) is 0 Å². The third-order valence-corrected chi connectivity index (χ3v) is 1.41. The number of hydrogen-bond acceptors (Lipinski definition) is 2. The standard InChI is InChI=1S/C5H10O2Se.Na/c1-2-3-4(6)5(7)8;/h4,6H,2-3H2,1H3,(H,7,8);/q;+1/p-1. The van der Waals surface area contributed by atoms with Crippen LogP contribution in [0.1, 0.15) is 19.8 Å². The van der Waals surface area contributed by atoms with Gasteiger partial charge >= 0.3 is 85.8 Å². The molecular weight excluding hydrogens is 194 g/mol. The van der Waals surface area contributed by atoms with Crippen LogP contribution in [0.4, 0.5) is 0 Å². The Morgan fingerprint density at radius 2 is 2.22 bits per heavy atom. The van der Waals surface area contributed by atoms with Crippen LogP contribution >= 0.6 is 0 Å². The SMILES string of the molecule is CCCC(O)C([O-])=[Se].[Na+]. The molecule has 0 amide bonds. The minimum absolute atomic E-state index is 0. The minimum Gasteiger partial charge on any atom is 1.00 e. The van der Waals surface area contributed by atoms with Gasteiger partial charge in [0.25, 0.3) is 0 Å². The van der Waals surface area contributed by atoms with E-state index in [-0.39, 0.29) is 34.2 Å². The average molecular weight is 203 g/mol. The minimum atomic E-state index is -0.778. The van der Waals surface area contributed by atoms with Gasteiger partial charge in [-0.05, 0) is 0 Å². The molecule has 0 aliphatic carbocycles. The Kier molecular flexibility index (Phi) is 10.3. The summed E-state index contributed by atoms with van der Waals surface area (Å²) in [5, 5.41) is 19.0. The molecule has 48 valence electrons. The molecule has 0 aliphatic rings. The van der Waals surface area contributed by atoms with Gasteiger partial charge in [-0.1, -0.05) is 0 Å². The molecule has 0 aromatic rings. The van der Waals surface area contributed by atoms with Gasteiger partial charge in [0.15, 0.2) is 0 Å². The Balaban J connectivity index is 0. The first kappa shape index (κ1) is 12.8. The van der Waals surface area contributed by atoms with Crippen molar-refractivity contribution in [3.05, 3.63) is 0 Å². The second-order valence-corrected chi connectivity index (χ2v) is 2.47. The molecule has 1 atom stereocenters. The van der Waals surface area contributed by atoms with Crippen LogP contribution < -0.4 is 34.7 Å². The molecule has 0 aromatic heterocycles. The molecule has 0 aliphatic heterocycles. The van der Waals surface area contributed by atoms with Gasteiger partial charge in [-0.2, -0.15) is 0 Å². The van der Waals surface area contributed by atoms with E-state index in [4.69, 9.17) is 5.11 Å². The molecule has 0 saturated carbocycles. The Hall–Kier alpha value is 1.15.